The summed E-state index contributed by atoms with van der Waals surface area (Å²) in [4.78, 5) is 61.5. The molecule has 0 bridgehead atoms. The highest BCUT2D eigenvalue weighted by molar-refractivity contribution is 7.66. The largest absolute Gasteiger partial charge is 0.490 e. The molecule has 2 heterocycles. The molecule has 0 amide bonds. The van der Waals surface area contributed by atoms with Crippen molar-refractivity contribution in [2.24, 2.45) is 5.73 Å². The maximum atomic E-state index is 12.2. The zero-order valence-electron chi connectivity index (χ0n) is 16.7. The molecule has 0 radical (unpaired) electrons. The summed E-state index contributed by atoms with van der Waals surface area (Å²) >= 11 is 0. The third-order valence-electron chi connectivity index (χ3n) is 4.12. The molecule has 1 aromatic rings. The Morgan fingerprint density at radius 1 is 1.21 bits per heavy atom. The zero-order valence-corrected chi connectivity index (χ0v) is 19.4. The Hall–Kier alpha value is -1.47. The molecular weight excluding hydrogens is 515 g/mol. The molecule has 2 rings (SSSR count). The van der Waals surface area contributed by atoms with Gasteiger partial charge in [-0.2, -0.15) is 8.62 Å². The summed E-state index contributed by atoms with van der Waals surface area (Å²) in [5, 5.41) is 10.7. The van der Waals surface area contributed by atoms with Gasteiger partial charge in [-0.15, -0.1) is 5.92 Å². The molecule has 20 heteroatoms. The van der Waals surface area contributed by atoms with Crippen molar-refractivity contribution >= 4 is 23.5 Å². The van der Waals surface area contributed by atoms with Crippen LogP contribution in [0, 0.1) is 11.8 Å². The minimum absolute atomic E-state index is 0.739. The molecule has 7 atom stereocenters. The normalized spacial score (nSPS) is 30.0. The summed E-state index contributed by atoms with van der Waals surface area (Å²) < 4.78 is 52.5. The molecule has 0 saturated carbocycles. The van der Waals surface area contributed by atoms with Gasteiger partial charge in [0, 0.05) is 12.3 Å². The number of aromatic nitrogens is 2. The Morgan fingerprint density at radius 3 is 2.33 bits per heavy atom. The van der Waals surface area contributed by atoms with E-state index in [-0.39, 0.29) is 0 Å². The van der Waals surface area contributed by atoms with Crippen molar-refractivity contribution in [1.29, 1.82) is 0 Å². The molecule has 1 fully saturated rings. The summed E-state index contributed by atoms with van der Waals surface area (Å²) in [6, 6.07) is 0.958. The van der Waals surface area contributed by atoms with E-state index in [1.165, 1.54) is 6.92 Å². The van der Waals surface area contributed by atoms with Gasteiger partial charge in [-0.1, -0.05) is 5.92 Å². The number of rotatable bonds is 8. The Balaban J connectivity index is 2.32. The number of phosphoric ester groups is 1. The van der Waals surface area contributed by atoms with Crippen LogP contribution in [0.1, 0.15) is 20.1 Å². The zero-order chi connectivity index (χ0) is 25.4. The summed E-state index contributed by atoms with van der Waals surface area (Å²) in [5.74, 6) is 4.90. The van der Waals surface area contributed by atoms with Crippen molar-refractivity contribution in [3.63, 3.8) is 0 Å². The molecule has 1 aliphatic rings. The Kier molecular flexibility index (Phi) is 8.12. The number of ether oxygens (including phenoxy) is 1. The topological polar surface area (TPSA) is 270 Å². The fraction of sp³-hybridized carbons (Fsp3) is 0.538. The number of nitrogens with zero attached hydrogens (tertiary/aromatic N) is 1. The number of nitrogens with one attached hydrogen (secondary N) is 1. The van der Waals surface area contributed by atoms with Crippen molar-refractivity contribution in [2.75, 3.05) is 0 Å². The van der Waals surface area contributed by atoms with Crippen LogP contribution in [-0.4, -0.2) is 58.1 Å². The smallest absolute Gasteiger partial charge is 0.387 e. The number of aliphatic hydroxyl groups is 1. The molecule has 186 valence electrons. The Morgan fingerprint density at radius 2 is 1.82 bits per heavy atom. The van der Waals surface area contributed by atoms with Gasteiger partial charge in [0.05, 0.1) is 6.10 Å². The quantitative estimate of drug-likeness (QED) is 0.144. The number of hydrogen-bond acceptors (Lipinski definition) is 11. The SMILES string of the molecule is CC#CC1(N)[C@@H](O)[C@@H]([C@H](C)OP(=O)(O)OP(=O)(O)OP(=O)(O)O)O[C@H]1n1ccc(=O)[nH]c1=O. The number of nitrogens with two attached hydrogens (primary N) is 1. The Bertz CT molecular complexity index is 1210. The monoisotopic (exact) mass is 535 g/mol. The van der Waals surface area contributed by atoms with E-state index in [0.29, 0.717) is 0 Å². The van der Waals surface area contributed by atoms with Gasteiger partial charge in [0.25, 0.3) is 5.56 Å². The van der Waals surface area contributed by atoms with Gasteiger partial charge in [0.2, 0.25) is 0 Å². The molecular formula is C13H20N3O14P3. The maximum Gasteiger partial charge on any atom is 0.490 e. The van der Waals surface area contributed by atoms with E-state index in [4.69, 9.17) is 20.3 Å². The lowest BCUT2D eigenvalue weighted by Gasteiger charge is -2.28. The average Bonchev–Trinajstić information content (AvgIpc) is 2.83. The molecule has 1 aromatic heterocycles. The van der Waals surface area contributed by atoms with Gasteiger partial charge in [-0.05, 0) is 13.8 Å². The number of H-pyrrole nitrogens is 1. The van der Waals surface area contributed by atoms with Gasteiger partial charge in [-0.25, -0.2) is 18.5 Å². The van der Waals surface area contributed by atoms with Crippen molar-refractivity contribution in [3.8, 4) is 11.8 Å². The standard InChI is InChI=1S/C13H20N3O14P3/c1-3-5-13(14)10(18)9(27-11(13)16-6-4-8(17)15-12(16)19)7(2)28-32(23,24)30-33(25,26)29-31(20,21)22/h4,6-7,9-11,18H,14H2,1-2H3,(H,23,24)(H,25,26)(H,15,17,19)(H2,20,21,22)/t7-,9+,10-,11+,13?/m0/s1. The van der Waals surface area contributed by atoms with Gasteiger partial charge >= 0.3 is 29.2 Å². The summed E-state index contributed by atoms with van der Waals surface area (Å²) in [6.07, 6.45) is -5.59. The molecule has 0 aromatic carbocycles. The van der Waals surface area contributed by atoms with E-state index in [2.05, 4.69) is 25.0 Å². The second kappa shape index (κ2) is 9.65. The second-order valence-electron chi connectivity index (χ2n) is 6.62. The van der Waals surface area contributed by atoms with Crippen LogP contribution in [0.25, 0.3) is 0 Å². The lowest BCUT2D eigenvalue weighted by atomic mass is 9.90. The number of phosphoric acid groups is 3. The predicted octanol–water partition coefficient (Wildman–Crippen LogP) is -1.75. The van der Waals surface area contributed by atoms with Crippen LogP contribution in [0.2, 0.25) is 0 Å². The number of aliphatic hydroxyl groups excluding tert-OH is 1. The fourth-order valence-corrected chi connectivity index (χ4v) is 6.15. The van der Waals surface area contributed by atoms with Gasteiger partial charge in [-0.3, -0.25) is 18.9 Å². The molecule has 1 aliphatic heterocycles. The first-order valence-electron chi connectivity index (χ1n) is 8.61. The lowest BCUT2D eigenvalue weighted by molar-refractivity contribution is -0.0755. The van der Waals surface area contributed by atoms with E-state index in [1.807, 2.05) is 4.98 Å². The molecule has 33 heavy (non-hydrogen) atoms. The number of hydrogen-bond donors (Lipinski definition) is 7. The lowest BCUT2D eigenvalue weighted by Crippen LogP contribution is -2.55. The Labute approximate surface area is 184 Å². The number of aromatic amines is 1. The van der Waals surface area contributed by atoms with Crippen LogP contribution in [0.4, 0.5) is 0 Å². The van der Waals surface area contributed by atoms with E-state index < -0.39 is 64.8 Å². The van der Waals surface area contributed by atoms with Gasteiger partial charge < -0.3 is 35.2 Å². The molecule has 0 spiro atoms. The van der Waals surface area contributed by atoms with Crippen LogP contribution in [0.5, 0.6) is 0 Å². The van der Waals surface area contributed by atoms with Gasteiger partial charge in [0.1, 0.15) is 12.2 Å². The fourth-order valence-electron chi connectivity index (χ4n) is 2.95. The van der Waals surface area contributed by atoms with E-state index >= 15 is 0 Å². The highest BCUT2D eigenvalue weighted by Crippen LogP contribution is 2.66. The second-order valence-corrected chi connectivity index (χ2v) is 11.0. The van der Waals surface area contributed by atoms with E-state index in [9.17, 15) is 38.2 Å². The third kappa shape index (κ3) is 6.78. The van der Waals surface area contributed by atoms with Crippen LogP contribution < -0.4 is 17.0 Å². The minimum Gasteiger partial charge on any atom is -0.387 e. The van der Waals surface area contributed by atoms with Crippen molar-refractivity contribution in [3.05, 3.63) is 33.1 Å². The predicted molar refractivity (Wildman–Crippen MR) is 106 cm³/mol. The average molecular weight is 535 g/mol. The van der Waals surface area contributed by atoms with Crippen LogP contribution >= 0.6 is 23.5 Å². The first-order chi connectivity index (χ1) is 14.9. The molecule has 1 saturated heterocycles. The van der Waals surface area contributed by atoms with Gasteiger partial charge in [0.15, 0.2) is 11.8 Å². The summed E-state index contributed by atoms with van der Waals surface area (Å²) in [7, 11) is -16.9. The van der Waals surface area contributed by atoms with E-state index in [1.54, 1.807) is 0 Å². The summed E-state index contributed by atoms with van der Waals surface area (Å²) in [6.45, 7) is 2.40. The highest BCUT2D eigenvalue weighted by atomic mass is 31.3. The van der Waals surface area contributed by atoms with Crippen LogP contribution in [0.3, 0.4) is 0 Å². The molecule has 8 N–H and O–H groups in total. The molecule has 3 unspecified atom stereocenters. The maximum absolute atomic E-state index is 12.2. The third-order valence-corrected chi connectivity index (χ3v) is 8.04. The van der Waals surface area contributed by atoms with Crippen molar-refractivity contribution in [2.45, 2.75) is 43.9 Å². The van der Waals surface area contributed by atoms with Crippen molar-refractivity contribution < 1.29 is 56.3 Å². The first kappa shape index (κ1) is 27.8. The van der Waals surface area contributed by atoms with E-state index in [0.717, 1.165) is 23.8 Å². The van der Waals surface area contributed by atoms with Crippen LogP contribution in [-0.2, 0) is 31.6 Å². The first-order valence-corrected chi connectivity index (χ1v) is 13.1. The molecule has 17 nitrogen and oxygen atoms in total. The minimum atomic E-state index is -5.78. The molecule has 0 aliphatic carbocycles. The van der Waals surface area contributed by atoms with Crippen LogP contribution in [0.15, 0.2) is 21.9 Å². The highest BCUT2D eigenvalue weighted by Gasteiger charge is 2.57. The summed E-state index contributed by atoms with van der Waals surface area (Å²) in [5.41, 5.74) is 2.43. The van der Waals surface area contributed by atoms with Crippen molar-refractivity contribution in [1.82, 2.24) is 9.55 Å².